The van der Waals surface area contributed by atoms with Crippen LogP contribution in [0.5, 0.6) is 5.75 Å². The van der Waals surface area contributed by atoms with Gasteiger partial charge in [0.25, 0.3) is 0 Å². The van der Waals surface area contributed by atoms with Crippen LogP contribution in [0.15, 0.2) is 12.1 Å². The fraction of sp³-hybridized carbons (Fsp3) is 0.333. The van der Waals surface area contributed by atoms with Gasteiger partial charge in [-0.2, -0.15) is 8.78 Å². The molecule has 1 nitrogen and oxygen atoms in total. The minimum atomic E-state index is -3.04. The molecule has 78 valence electrons. The van der Waals surface area contributed by atoms with Crippen LogP contribution >= 0.6 is 0 Å². The number of rotatable bonds is 3. The first-order valence-electron chi connectivity index (χ1n) is 3.98. The maximum Gasteiger partial charge on any atom is 0.387 e. The molecule has 0 saturated carbocycles. The third-order valence-electron chi connectivity index (χ3n) is 1.72. The maximum atomic E-state index is 13.0. The first-order chi connectivity index (χ1) is 6.56. The van der Waals surface area contributed by atoms with Crippen LogP contribution in [0.3, 0.4) is 0 Å². The molecule has 0 heterocycles. The molecular formula is C9H8F4O. The first-order valence-corrected chi connectivity index (χ1v) is 3.98. The summed E-state index contributed by atoms with van der Waals surface area (Å²) in [6.07, 6.45) is 0.0889. The standard InChI is InChI=1S/C9H8F4O/c1-2-5-7(14-9(12)13)4-3-6(10)8(5)11/h3-4,9H,2H2,1H3. The van der Waals surface area contributed by atoms with Crippen LogP contribution in [-0.2, 0) is 6.42 Å². The van der Waals surface area contributed by atoms with Crippen molar-refractivity contribution in [2.24, 2.45) is 0 Å². The van der Waals surface area contributed by atoms with Crippen molar-refractivity contribution < 1.29 is 22.3 Å². The van der Waals surface area contributed by atoms with Crippen molar-refractivity contribution in [2.75, 3.05) is 0 Å². The smallest absolute Gasteiger partial charge is 0.387 e. The van der Waals surface area contributed by atoms with E-state index in [1.807, 2.05) is 0 Å². The van der Waals surface area contributed by atoms with Crippen LogP contribution in [0.1, 0.15) is 12.5 Å². The van der Waals surface area contributed by atoms with E-state index in [4.69, 9.17) is 0 Å². The van der Waals surface area contributed by atoms with Crippen LogP contribution in [0, 0.1) is 11.6 Å². The predicted octanol–water partition coefficient (Wildman–Crippen LogP) is 3.13. The monoisotopic (exact) mass is 208 g/mol. The quantitative estimate of drug-likeness (QED) is 0.693. The van der Waals surface area contributed by atoms with E-state index in [0.717, 1.165) is 12.1 Å². The van der Waals surface area contributed by atoms with Crippen LogP contribution in [0.25, 0.3) is 0 Å². The molecule has 0 saturated heterocycles. The number of hydrogen-bond acceptors (Lipinski definition) is 1. The van der Waals surface area contributed by atoms with Crippen LogP contribution in [0.4, 0.5) is 17.6 Å². The molecule has 14 heavy (non-hydrogen) atoms. The summed E-state index contributed by atoms with van der Waals surface area (Å²) in [4.78, 5) is 0. The Morgan fingerprint density at radius 2 is 1.93 bits per heavy atom. The van der Waals surface area contributed by atoms with E-state index in [1.165, 1.54) is 6.92 Å². The van der Waals surface area contributed by atoms with Crippen molar-refractivity contribution in [3.8, 4) is 5.75 Å². The number of ether oxygens (including phenoxy) is 1. The van der Waals surface area contributed by atoms with Gasteiger partial charge in [0.2, 0.25) is 0 Å². The van der Waals surface area contributed by atoms with E-state index in [1.54, 1.807) is 0 Å². The van der Waals surface area contributed by atoms with Gasteiger partial charge in [-0.25, -0.2) is 8.78 Å². The molecule has 0 aromatic heterocycles. The Morgan fingerprint density at radius 3 is 2.43 bits per heavy atom. The van der Waals surface area contributed by atoms with Gasteiger partial charge in [0, 0.05) is 5.56 Å². The fourth-order valence-electron chi connectivity index (χ4n) is 1.11. The van der Waals surface area contributed by atoms with Crippen molar-refractivity contribution in [2.45, 2.75) is 20.0 Å². The predicted molar refractivity (Wildman–Crippen MR) is 42.4 cm³/mol. The van der Waals surface area contributed by atoms with E-state index in [2.05, 4.69) is 4.74 Å². The highest BCUT2D eigenvalue weighted by Gasteiger charge is 2.15. The highest BCUT2D eigenvalue weighted by molar-refractivity contribution is 5.35. The number of benzene rings is 1. The second-order valence-corrected chi connectivity index (χ2v) is 2.57. The molecule has 0 aliphatic carbocycles. The average molecular weight is 208 g/mol. The Bertz CT molecular complexity index is 325. The van der Waals surface area contributed by atoms with E-state index >= 15 is 0 Å². The van der Waals surface area contributed by atoms with E-state index in [-0.39, 0.29) is 17.7 Å². The fourth-order valence-corrected chi connectivity index (χ4v) is 1.11. The van der Waals surface area contributed by atoms with Crippen molar-refractivity contribution in [3.63, 3.8) is 0 Å². The lowest BCUT2D eigenvalue weighted by Gasteiger charge is -2.10. The normalized spacial score (nSPS) is 10.7. The molecule has 0 radical (unpaired) electrons. The van der Waals surface area contributed by atoms with Gasteiger partial charge in [-0.1, -0.05) is 6.92 Å². The number of hydrogen-bond donors (Lipinski definition) is 0. The molecule has 1 aromatic rings. The molecule has 0 amide bonds. The third kappa shape index (κ3) is 2.16. The van der Waals surface area contributed by atoms with Crippen LogP contribution in [0.2, 0.25) is 0 Å². The molecule has 0 spiro atoms. The van der Waals surface area contributed by atoms with E-state index in [9.17, 15) is 17.6 Å². The second kappa shape index (κ2) is 4.30. The summed E-state index contributed by atoms with van der Waals surface area (Å²) in [5, 5.41) is 0. The molecule has 5 heteroatoms. The van der Waals surface area contributed by atoms with Gasteiger partial charge in [-0.3, -0.25) is 0 Å². The van der Waals surface area contributed by atoms with Gasteiger partial charge in [0.15, 0.2) is 11.6 Å². The summed E-state index contributed by atoms with van der Waals surface area (Å²) in [6.45, 7) is -1.51. The summed E-state index contributed by atoms with van der Waals surface area (Å²) in [6, 6.07) is 1.75. The molecule has 1 aromatic carbocycles. The van der Waals surface area contributed by atoms with E-state index in [0.29, 0.717) is 0 Å². The van der Waals surface area contributed by atoms with Crippen molar-refractivity contribution in [1.29, 1.82) is 0 Å². The second-order valence-electron chi connectivity index (χ2n) is 2.57. The molecule has 0 fully saturated rings. The minimum absolute atomic E-state index is 0.0889. The summed E-state index contributed by atoms with van der Waals surface area (Å²) < 4.78 is 53.4. The first kappa shape index (κ1) is 10.8. The topological polar surface area (TPSA) is 9.23 Å². The van der Waals surface area contributed by atoms with Gasteiger partial charge >= 0.3 is 6.61 Å². The summed E-state index contributed by atoms with van der Waals surface area (Å²) in [5.74, 6) is -2.52. The Balaban J connectivity index is 3.10. The maximum absolute atomic E-state index is 13.0. The lowest BCUT2D eigenvalue weighted by molar-refractivity contribution is -0.0506. The molecular weight excluding hydrogens is 200 g/mol. The zero-order chi connectivity index (χ0) is 10.7. The third-order valence-corrected chi connectivity index (χ3v) is 1.72. The van der Waals surface area contributed by atoms with Crippen molar-refractivity contribution in [1.82, 2.24) is 0 Å². The SMILES string of the molecule is CCc1c(OC(F)F)ccc(F)c1F. The molecule has 0 aliphatic rings. The highest BCUT2D eigenvalue weighted by atomic mass is 19.3. The van der Waals surface area contributed by atoms with Gasteiger partial charge in [0.05, 0.1) is 0 Å². The van der Waals surface area contributed by atoms with Gasteiger partial charge in [-0.15, -0.1) is 0 Å². The molecule has 0 N–H and O–H groups in total. The Hall–Kier alpha value is -1.26. The van der Waals surface area contributed by atoms with Gasteiger partial charge < -0.3 is 4.74 Å². The zero-order valence-electron chi connectivity index (χ0n) is 7.36. The van der Waals surface area contributed by atoms with Crippen molar-refractivity contribution in [3.05, 3.63) is 29.3 Å². The summed E-state index contributed by atoms with van der Waals surface area (Å²) in [5.41, 5.74) is -0.176. The minimum Gasteiger partial charge on any atom is -0.434 e. The Morgan fingerprint density at radius 1 is 1.29 bits per heavy atom. The average Bonchev–Trinajstić information content (AvgIpc) is 2.11. The van der Waals surface area contributed by atoms with E-state index < -0.39 is 18.2 Å². The van der Waals surface area contributed by atoms with Gasteiger partial charge in [-0.05, 0) is 18.6 Å². The van der Waals surface area contributed by atoms with Crippen LogP contribution in [-0.4, -0.2) is 6.61 Å². The largest absolute Gasteiger partial charge is 0.434 e. The van der Waals surface area contributed by atoms with Crippen LogP contribution < -0.4 is 4.74 Å². The van der Waals surface area contributed by atoms with Crippen molar-refractivity contribution >= 4 is 0 Å². The zero-order valence-corrected chi connectivity index (χ0v) is 7.36. The number of alkyl halides is 2. The Labute approximate surface area is 78.3 Å². The molecule has 1 rings (SSSR count). The number of halogens is 4. The molecule has 0 bridgehead atoms. The molecule has 0 atom stereocenters. The lowest BCUT2D eigenvalue weighted by Crippen LogP contribution is -2.06. The Kier molecular flexibility index (Phi) is 3.33. The molecule has 0 unspecified atom stereocenters. The van der Waals surface area contributed by atoms with Gasteiger partial charge in [0.1, 0.15) is 5.75 Å². The highest BCUT2D eigenvalue weighted by Crippen LogP contribution is 2.25. The molecule has 0 aliphatic heterocycles. The summed E-state index contributed by atoms with van der Waals surface area (Å²) in [7, 11) is 0. The summed E-state index contributed by atoms with van der Waals surface area (Å²) >= 11 is 0. The lowest BCUT2D eigenvalue weighted by atomic mass is 10.1.